The number of anilines is 2. The van der Waals surface area contributed by atoms with Crippen LogP contribution in [0.25, 0.3) is 0 Å². The Morgan fingerprint density at radius 1 is 1.14 bits per heavy atom. The molecule has 1 atom stereocenters. The molecule has 0 bridgehead atoms. The predicted octanol–water partition coefficient (Wildman–Crippen LogP) is 5.05. The van der Waals surface area contributed by atoms with Crippen molar-refractivity contribution in [3.8, 4) is 5.75 Å². The van der Waals surface area contributed by atoms with Crippen LogP contribution in [0.4, 0.5) is 15.8 Å². The molecule has 194 valence electrons. The zero-order valence-electron chi connectivity index (χ0n) is 20.0. The second-order valence-electron chi connectivity index (χ2n) is 7.69. The smallest absolute Gasteiger partial charge is 0.338 e. The van der Waals surface area contributed by atoms with Gasteiger partial charge < -0.3 is 14.8 Å². The molecule has 0 unspecified atom stereocenters. The van der Waals surface area contributed by atoms with E-state index in [1.54, 1.807) is 24.3 Å². The molecule has 11 heteroatoms. The number of methoxy groups -OCH3 is 1. The van der Waals surface area contributed by atoms with Crippen LogP contribution in [0.2, 0.25) is 5.02 Å². The highest BCUT2D eigenvalue weighted by molar-refractivity contribution is 7.92. The number of nitrogens with one attached hydrogen (secondary N) is 1. The molecular formula is C26H24ClFN2O6S. The van der Waals surface area contributed by atoms with Gasteiger partial charge in [0.2, 0.25) is 0 Å². The number of esters is 1. The molecule has 0 saturated carbocycles. The summed E-state index contributed by atoms with van der Waals surface area (Å²) in [7, 11) is -2.72. The number of amides is 1. The maximum Gasteiger partial charge on any atom is 0.338 e. The quantitative estimate of drug-likeness (QED) is 0.282. The summed E-state index contributed by atoms with van der Waals surface area (Å²) in [4.78, 5) is 25.0. The molecule has 0 aliphatic carbocycles. The van der Waals surface area contributed by atoms with Crippen molar-refractivity contribution in [3.05, 3.63) is 95.8 Å². The van der Waals surface area contributed by atoms with Gasteiger partial charge in [-0.15, -0.1) is 6.58 Å². The average Bonchev–Trinajstić information content (AvgIpc) is 2.88. The Kier molecular flexibility index (Phi) is 8.90. The number of carbonyl (C=O) groups excluding carboxylic acids is 2. The summed E-state index contributed by atoms with van der Waals surface area (Å²) < 4.78 is 51.9. The van der Waals surface area contributed by atoms with Gasteiger partial charge in [0.15, 0.2) is 6.10 Å². The molecule has 0 aromatic heterocycles. The second kappa shape index (κ2) is 11.9. The summed E-state index contributed by atoms with van der Waals surface area (Å²) >= 11 is 5.91. The number of sulfonamides is 1. The van der Waals surface area contributed by atoms with E-state index in [0.717, 1.165) is 22.5 Å². The van der Waals surface area contributed by atoms with Crippen molar-refractivity contribution in [3.63, 3.8) is 0 Å². The lowest BCUT2D eigenvalue weighted by atomic mass is 10.2. The van der Waals surface area contributed by atoms with Crippen molar-refractivity contribution >= 4 is 44.9 Å². The van der Waals surface area contributed by atoms with Crippen molar-refractivity contribution in [2.45, 2.75) is 17.9 Å². The zero-order valence-corrected chi connectivity index (χ0v) is 21.6. The molecule has 0 saturated heterocycles. The first-order valence-electron chi connectivity index (χ1n) is 10.9. The third kappa shape index (κ3) is 6.46. The number of hydrogen-bond donors (Lipinski definition) is 1. The van der Waals surface area contributed by atoms with Crippen LogP contribution in [-0.4, -0.2) is 40.1 Å². The van der Waals surface area contributed by atoms with E-state index < -0.39 is 33.8 Å². The number of nitrogens with zero attached hydrogens (tertiary/aromatic N) is 1. The first-order valence-corrected chi connectivity index (χ1v) is 12.7. The Hall–Kier alpha value is -3.89. The van der Waals surface area contributed by atoms with Gasteiger partial charge in [-0.25, -0.2) is 17.6 Å². The van der Waals surface area contributed by atoms with Gasteiger partial charge in [-0.05, 0) is 55.5 Å². The topological polar surface area (TPSA) is 102 Å². The molecule has 0 fully saturated rings. The zero-order chi connectivity index (χ0) is 27.2. The highest BCUT2D eigenvalue weighted by Crippen LogP contribution is 2.32. The van der Waals surface area contributed by atoms with E-state index in [2.05, 4.69) is 11.9 Å². The minimum absolute atomic E-state index is 0.0242. The van der Waals surface area contributed by atoms with Crippen molar-refractivity contribution in [1.82, 2.24) is 0 Å². The molecule has 8 nitrogen and oxygen atoms in total. The molecule has 0 spiro atoms. The highest BCUT2D eigenvalue weighted by atomic mass is 35.5. The summed E-state index contributed by atoms with van der Waals surface area (Å²) in [6.07, 6.45) is 0.162. The van der Waals surface area contributed by atoms with Gasteiger partial charge in [-0.1, -0.05) is 35.9 Å². The van der Waals surface area contributed by atoms with Gasteiger partial charge in [0.05, 0.1) is 40.5 Å². The number of para-hydroxylation sites is 2. The van der Waals surface area contributed by atoms with Crippen LogP contribution in [0, 0.1) is 5.82 Å². The van der Waals surface area contributed by atoms with Crippen molar-refractivity contribution < 1.29 is 31.9 Å². The number of rotatable bonds is 10. The Bertz CT molecular complexity index is 1430. The lowest BCUT2D eigenvalue weighted by molar-refractivity contribution is -0.123. The van der Waals surface area contributed by atoms with Gasteiger partial charge >= 0.3 is 5.97 Å². The monoisotopic (exact) mass is 546 g/mol. The summed E-state index contributed by atoms with van der Waals surface area (Å²) in [5.41, 5.74) is 0.351. The largest absolute Gasteiger partial charge is 0.495 e. The fourth-order valence-corrected chi connectivity index (χ4v) is 5.00. The Morgan fingerprint density at radius 3 is 2.54 bits per heavy atom. The molecular weight excluding hydrogens is 523 g/mol. The van der Waals surface area contributed by atoms with E-state index >= 15 is 0 Å². The Labute approximate surface area is 219 Å². The minimum atomic E-state index is -4.15. The number of carbonyl (C=O) groups is 2. The van der Waals surface area contributed by atoms with Crippen LogP contribution < -0.4 is 14.4 Å². The number of benzene rings is 3. The van der Waals surface area contributed by atoms with Gasteiger partial charge in [0.1, 0.15) is 11.6 Å². The van der Waals surface area contributed by atoms with Crippen LogP contribution in [0.3, 0.4) is 0 Å². The molecule has 3 aromatic rings. The molecule has 3 aromatic carbocycles. The maximum atomic E-state index is 13.5. The van der Waals surface area contributed by atoms with Crippen LogP contribution in [0.5, 0.6) is 5.75 Å². The van der Waals surface area contributed by atoms with Crippen LogP contribution in [0.1, 0.15) is 17.3 Å². The molecule has 0 aliphatic heterocycles. The van der Waals surface area contributed by atoms with Crippen molar-refractivity contribution in [2.75, 3.05) is 23.3 Å². The fourth-order valence-electron chi connectivity index (χ4n) is 3.30. The second-order valence-corrected chi connectivity index (χ2v) is 9.95. The normalized spacial score (nSPS) is 11.8. The van der Waals surface area contributed by atoms with Crippen LogP contribution in [-0.2, 0) is 19.6 Å². The van der Waals surface area contributed by atoms with Gasteiger partial charge in [0.25, 0.3) is 15.9 Å². The van der Waals surface area contributed by atoms with Crippen LogP contribution in [0.15, 0.2) is 84.3 Å². The van der Waals surface area contributed by atoms with Gasteiger partial charge in [-0.2, -0.15) is 0 Å². The fraction of sp³-hybridized carbons (Fsp3) is 0.154. The van der Waals surface area contributed by atoms with E-state index in [4.69, 9.17) is 21.1 Å². The van der Waals surface area contributed by atoms with E-state index in [0.29, 0.717) is 11.4 Å². The molecule has 1 N–H and O–H groups in total. The number of ether oxygens (including phenoxy) is 2. The van der Waals surface area contributed by atoms with E-state index in [1.807, 2.05) is 0 Å². The summed E-state index contributed by atoms with van der Waals surface area (Å²) in [5.74, 6) is -1.87. The highest BCUT2D eigenvalue weighted by Gasteiger charge is 2.28. The number of halogens is 2. The van der Waals surface area contributed by atoms with E-state index in [9.17, 15) is 22.4 Å². The van der Waals surface area contributed by atoms with Gasteiger partial charge in [0, 0.05) is 0 Å². The lowest BCUT2D eigenvalue weighted by Gasteiger charge is -2.25. The maximum absolute atomic E-state index is 13.5. The number of hydrogen-bond acceptors (Lipinski definition) is 6. The third-order valence-electron chi connectivity index (χ3n) is 5.15. The molecule has 1 amide bonds. The third-order valence-corrected chi connectivity index (χ3v) is 7.24. The molecule has 3 rings (SSSR count). The Balaban J connectivity index is 1.82. The average molecular weight is 547 g/mol. The summed E-state index contributed by atoms with van der Waals surface area (Å²) in [6.45, 7) is 4.91. The summed E-state index contributed by atoms with van der Waals surface area (Å²) in [5, 5.41) is 2.42. The van der Waals surface area contributed by atoms with E-state index in [1.165, 1.54) is 44.4 Å². The lowest BCUT2D eigenvalue weighted by Crippen LogP contribution is -2.32. The molecule has 0 aliphatic rings. The SMILES string of the molecule is C=CCN(c1ccccc1OC)S(=O)(=O)c1cccc(C(=O)O[C@H](C)C(=O)Nc2ccc(F)cc2Cl)c1. The van der Waals surface area contributed by atoms with Crippen molar-refractivity contribution in [2.24, 2.45) is 0 Å². The first kappa shape index (κ1) is 27.7. The molecule has 0 radical (unpaired) electrons. The van der Waals surface area contributed by atoms with Crippen molar-refractivity contribution in [1.29, 1.82) is 0 Å². The molecule has 37 heavy (non-hydrogen) atoms. The Morgan fingerprint density at radius 2 is 1.86 bits per heavy atom. The van der Waals surface area contributed by atoms with Crippen LogP contribution >= 0.6 is 11.6 Å². The predicted molar refractivity (Wildman–Crippen MR) is 139 cm³/mol. The molecule has 0 heterocycles. The summed E-state index contributed by atoms with van der Waals surface area (Å²) in [6, 6.07) is 15.3. The minimum Gasteiger partial charge on any atom is -0.495 e. The first-order chi connectivity index (χ1) is 17.6. The standard InChI is InChI=1S/C26H24ClFN2O6S/c1-4-14-30(23-10-5-6-11-24(23)35-3)37(33,34)20-9-7-8-18(15-20)26(32)36-17(2)25(31)29-22-13-12-19(28)16-21(22)27/h4-13,15-17H,1,14H2,2-3H3,(H,29,31)/t17-/m1/s1. The van der Waals surface area contributed by atoms with Gasteiger partial charge in [-0.3, -0.25) is 9.10 Å². The van der Waals surface area contributed by atoms with E-state index in [-0.39, 0.29) is 27.7 Å².